The van der Waals surface area contributed by atoms with Gasteiger partial charge in [-0.2, -0.15) is 0 Å². The van der Waals surface area contributed by atoms with E-state index in [0.29, 0.717) is 5.69 Å². The second-order valence-electron chi connectivity index (χ2n) is 8.67. The molecule has 0 fully saturated rings. The van der Waals surface area contributed by atoms with Crippen LogP contribution in [0.3, 0.4) is 0 Å². The number of amides is 3. The van der Waals surface area contributed by atoms with Crippen molar-refractivity contribution < 1.29 is 24.7 Å². The number of rotatable bonds is 10. The van der Waals surface area contributed by atoms with Crippen molar-refractivity contribution in [3.05, 3.63) is 78.4 Å². The number of benzene rings is 3. The van der Waals surface area contributed by atoms with Gasteiger partial charge in [0.05, 0.1) is 12.6 Å². The average molecular weight is 506 g/mol. The van der Waals surface area contributed by atoms with Crippen LogP contribution in [0.25, 0.3) is 11.1 Å². The van der Waals surface area contributed by atoms with Crippen molar-refractivity contribution in [2.75, 3.05) is 36.2 Å². The van der Waals surface area contributed by atoms with Crippen LogP contribution in [0.2, 0.25) is 0 Å². The van der Waals surface area contributed by atoms with Gasteiger partial charge in [0.2, 0.25) is 5.91 Å². The molecule has 0 aromatic heterocycles. The first-order chi connectivity index (χ1) is 17.7. The molecule has 0 spiro atoms. The molecule has 0 unspecified atom stereocenters. The maximum Gasteiger partial charge on any atom is 0.268 e. The topological polar surface area (TPSA) is 143 Å². The number of nitrogens with one attached hydrogen (secondary N) is 4. The summed E-state index contributed by atoms with van der Waals surface area (Å²) in [6, 6.07) is 20.5. The van der Waals surface area contributed by atoms with Crippen LogP contribution in [0, 0.1) is 0 Å². The molecule has 0 bridgehead atoms. The molecule has 10 nitrogen and oxygen atoms in total. The summed E-state index contributed by atoms with van der Waals surface area (Å²) in [5.41, 5.74) is 6.02. The van der Waals surface area contributed by atoms with Crippen LogP contribution < -0.4 is 26.3 Å². The molecule has 3 aromatic rings. The number of hydroxylamine groups is 1. The second kappa shape index (κ2) is 12.5. The fraction of sp³-hybridized carbons (Fsp3) is 0.222. The van der Waals surface area contributed by atoms with Crippen molar-refractivity contribution in [2.45, 2.75) is 19.1 Å². The predicted octanol–water partition coefficient (Wildman–Crippen LogP) is 2.45. The van der Waals surface area contributed by atoms with Crippen molar-refractivity contribution in [3.63, 3.8) is 0 Å². The van der Waals surface area contributed by atoms with E-state index >= 15 is 0 Å². The number of nitrogens with zero attached hydrogens (tertiary/aromatic N) is 1. The standard InChI is InChI=1S/C27H31N5O5/c1-17(33)25(27(36)31-37)30-26(35)20-6-4-18(5-7-20)19-8-10-22(11-9-19)29-24(34)16-28-21-12-14-23(15-13-21)32(2)3/h4-15,17,25,28,33,37H,16H2,1-3H3,(H,29,34)(H,30,35)(H,31,36)/t17-,25+/m1/s1. The summed E-state index contributed by atoms with van der Waals surface area (Å²) in [5, 5.41) is 26.8. The van der Waals surface area contributed by atoms with Crippen LogP contribution in [0.5, 0.6) is 0 Å². The second-order valence-corrected chi connectivity index (χ2v) is 8.67. The molecule has 0 heterocycles. The number of carbonyl (C=O) groups is 3. The van der Waals surface area contributed by atoms with E-state index in [-0.39, 0.29) is 18.0 Å². The highest BCUT2D eigenvalue weighted by molar-refractivity contribution is 5.98. The first-order valence-electron chi connectivity index (χ1n) is 11.6. The Bertz CT molecular complexity index is 1210. The van der Waals surface area contributed by atoms with Gasteiger partial charge in [0.15, 0.2) is 0 Å². The van der Waals surface area contributed by atoms with Gasteiger partial charge < -0.3 is 26.0 Å². The van der Waals surface area contributed by atoms with Gasteiger partial charge in [-0.05, 0) is 66.6 Å². The Balaban J connectivity index is 1.55. The quantitative estimate of drug-likeness (QED) is 0.184. The van der Waals surface area contributed by atoms with Gasteiger partial charge >= 0.3 is 0 Å². The molecule has 2 atom stereocenters. The zero-order valence-electron chi connectivity index (χ0n) is 20.9. The number of aliphatic hydroxyl groups excluding tert-OH is 1. The van der Waals surface area contributed by atoms with Crippen molar-refractivity contribution >= 4 is 34.8 Å². The van der Waals surface area contributed by atoms with Crippen molar-refractivity contribution in [1.29, 1.82) is 0 Å². The van der Waals surface area contributed by atoms with E-state index in [1.807, 2.05) is 55.4 Å². The fourth-order valence-corrected chi connectivity index (χ4v) is 3.52. The number of hydrogen-bond acceptors (Lipinski definition) is 7. The van der Waals surface area contributed by atoms with Crippen LogP contribution in [0.1, 0.15) is 17.3 Å². The Labute approximate surface area is 215 Å². The third-order valence-electron chi connectivity index (χ3n) is 5.65. The van der Waals surface area contributed by atoms with Gasteiger partial charge in [-0.1, -0.05) is 24.3 Å². The summed E-state index contributed by atoms with van der Waals surface area (Å²) in [6.45, 7) is 1.46. The lowest BCUT2D eigenvalue weighted by molar-refractivity contribution is -0.133. The molecule has 37 heavy (non-hydrogen) atoms. The van der Waals surface area contributed by atoms with Crippen molar-refractivity contribution in [3.8, 4) is 11.1 Å². The average Bonchev–Trinajstić information content (AvgIpc) is 2.90. The summed E-state index contributed by atoms with van der Waals surface area (Å²) in [6.07, 6.45) is -1.19. The summed E-state index contributed by atoms with van der Waals surface area (Å²) in [7, 11) is 3.93. The summed E-state index contributed by atoms with van der Waals surface area (Å²) < 4.78 is 0. The lowest BCUT2D eigenvalue weighted by Gasteiger charge is -2.19. The fourth-order valence-electron chi connectivity index (χ4n) is 3.52. The highest BCUT2D eigenvalue weighted by atomic mass is 16.5. The van der Waals surface area contributed by atoms with E-state index in [1.165, 1.54) is 12.4 Å². The largest absolute Gasteiger partial charge is 0.391 e. The van der Waals surface area contributed by atoms with E-state index in [4.69, 9.17) is 5.21 Å². The Hall–Kier alpha value is -4.41. The number of carbonyl (C=O) groups excluding carboxylic acids is 3. The predicted molar refractivity (Wildman–Crippen MR) is 143 cm³/mol. The molecule has 0 aliphatic carbocycles. The molecule has 0 saturated carbocycles. The van der Waals surface area contributed by atoms with E-state index in [9.17, 15) is 19.5 Å². The minimum absolute atomic E-state index is 0.127. The molecule has 10 heteroatoms. The SMILES string of the molecule is C[C@@H](O)[C@H](NC(=O)c1ccc(-c2ccc(NC(=O)CNc3ccc(N(C)C)cc3)cc2)cc1)C(=O)NO. The van der Waals surface area contributed by atoms with Crippen LogP contribution in [0.15, 0.2) is 72.8 Å². The Morgan fingerprint density at radius 1 is 0.838 bits per heavy atom. The minimum Gasteiger partial charge on any atom is -0.391 e. The lowest BCUT2D eigenvalue weighted by atomic mass is 10.0. The van der Waals surface area contributed by atoms with Crippen LogP contribution in [-0.4, -0.2) is 60.8 Å². The van der Waals surface area contributed by atoms with E-state index < -0.39 is 24.0 Å². The van der Waals surface area contributed by atoms with E-state index in [2.05, 4.69) is 16.0 Å². The summed E-state index contributed by atoms with van der Waals surface area (Å²) >= 11 is 0. The molecule has 0 aliphatic rings. The first kappa shape index (κ1) is 27.2. The smallest absolute Gasteiger partial charge is 0.268 e. The number of anilines is 3. The Morgan fingerprint density at radius 2 is 1.38 bits per heavy atom. The van der Waals surface area contributed by atoms with Gasteiger partial charge in [-0.25, -0.2) is 5.48 Å². The van der Waals surface area contributed by atoms with Gasteiger partial charge in [0.25, 0.3) is 11.8 Å². The molecule has 3 rings (SSSR count). The van der Waals surface area contributed by atoms with Gasteiger partial charge in [0.1, 0.15) is 6.04 Å². The zero-order valence-corrected chi connectivity index (χ0v) is 20.9. The van der Waals surface area contributed by atoms with Crippen molar-refractivity contribution in [2.24, 2.45) is 0 Å². The van der Waals surface area contributed by atoms with Crippen LogP contribution in [-0.2, 0) is 9.59 Å². The molecule has 3 amide bonds. The highest BCUT2D eigenvalue weighted by Crippen LogP contribution is 2.22. The lowest BCUT2D eigenvalue weighted by Crippen LogP contribution is -2.51. The highest BCUT2D eigenvalue weighted by Gasteiger charge is 2.25. The number of aliphatic hydroxyl groups is 1. The Morgan fingerprint density at radius 3 is 1.89 bits per heavy atom. The monoisotopic (exact) mass is 505 g/mol. The van der Waals surface area contributed by atoms with Crippen LogP contribution >= 0.6 is 0 Å². The zero-order chi connectivity index (χ0) is 26.9. The molecule has 0 aliphatic heterocycles. The Kier molecular flexibility index (Phi) is 9.20. The minimum atomic E-state index is -1.29. The third-order valence-corrected chi connectivity index (χ3v) is 5.65. The summed E-state index contributed by atoms with van der Waals surface area (Å²) in [4.78, 5) is 38.4. The van der Waals surface area contributed by atoms with E-state index in [1.54, 1.807) is 36.4 Å². The molecule has 194 valence electrons. The molecular formula is C27H31N5O5. The van der Waals surface area contributed by atoms with Crippen molar-refractivity contribution in [1.82, 2.24) is 10.8 Å². The molecular weight excluding hydrogens is 474 g/mol. The molecule has 6 N–H and O–H groups in total. The maximum absolute atomic E-state index is 12.4. The summed E-state index contributed by atoms with van der Waals surface area (Å²) in [5.74, 6) is -1.66. The normalized spacial score (nSPS) is 12.1. The van der Waals surface area contributed by atoms with Crippen LogP contribution in [0.4, 0.5) is 17.1 Å². The molecule has 3 aromatic carbocycles. The van der Waals surface area contributed by atoms with Gasteiger partial charge in [0, 0.05) is 36.7 Å². The van der Waals surface area contributed by atoms with Gasteiger partial charge in [-0.15, -0.1) is 0 Å². The maximum atomic E-state index is 12.4. The van der Waals surface area contributed by atoms with E-state index in [0.717, 1.165) is 22.5 Å². The van der Waals surface area contributed by atoms with Gasteiger partial charge in [-0.3, -0.25) is 19.6 Å². The molecule has 0 saturated heterocycles. The molecule has 0 radical (unpaired) electrons. The number of hydrogen-bond donors (Lipinski definition) is 6. The third kappa shape index (κ3) is 7.53. The first-order valence-corrected chi connectivity index (χ1v) is 11.6.